The number of carbonyl (C=O) groups is 1. The van der Waals surface area contributed by atoms with Crippen LogP contribution in [0.2, 0.25) is 0 Å². The van der Waals surface area contributed by atoms with Crippen LogP contribution < -0.4 is 0 Å². The highest BCUT2D eigenvalue weighted by atomic mass is 19.1. The van der Waals surface area contributed by atoms with Crippen LogP contribution in [0.5, 0.6) is 0 Å². The summed E-state index contributed by atoms with van der Waals surface area (Å²) in [4.78, 5) is 11.7. The van der Waals surface area contributed by atoms with E-state index in [1.165, 1.54) is 12.1 Å². The molecule has 0 aromatic heterocycles. The molecule has 0 aliphatic heterocycles. The highest BCUT2D eigenvalue weighted by Crippen LogP contribution is 2.13. The Balaban J connectivity index is 2.45. The number of benzene rings is 1. The average Bonchev–Trinajstić information content (AvgIpc) is 2.17. The summed E-state index contributed by atoms with van der Waals surface area (Å²) in [5.74, 6) is 0.365. The summed E-state index contributed by atoms with van der Waals surface area (Å²) in [6.45, 7) is 4.21. The topological polar surface area (TPSA) is 17.1 Å². The van der Waals surface area contributed by atoms with Gasteiger partial charge in [0, 0.05) is 12.8 Å². The van der Waals surface area contributed by atoms with Gasteiger partial charge in [0.05, 0.1) is 0 Å². The standard InChI is InChI=1S/C14H19FO/c1-3-5-11(2)8-14(16)10-12-6-4-7-13(15)9-12/h4,6-7,9,11H,3,5,8,10H2,1-2H3. The van der Waals surface area contributed by atoms with Gasteiger partial charge in [-0.3, -0.25) is 4.79 Å². The SMILES string of the molecule is CCCC(C)CC(=O)Cc1cccc(F)c1. The molecule has 0 aliphatic carbocycles. The molecule has 0 amide bonds. The van der Waals surface area contributed by atoms with E-state index in [1.54, 1.807) is 12.1 Å². The Labute approximate surface area is 96.7 Å². The molecule has 0 N–H and O–H groups in total. The zero-order valence-electron chi connectivity index (χ0n) is 10.0. The van der Waals surface area contributed by atoms with E-state index in [2.05, 4.69) is 13.8 Å². The molecule has 0 aliphatic rings. The molecule has 88 valence electrons. The van der Waals surface area contributed by atoms with Crippen LogP contribution >= 0.6 is 0 Å². The minimum absolute atomic E-state index is 0.201. The Morgan fingerprint density at radius 2 is 2.19 bits per heavy atom. The summed E-state index contributed by atoms with van der Waals surface area (Å²) in [6, 6.07) is 6.27. The molecule has 1 nitrogen and oxygen atoms in total. The van der Waals surface area contributed by atoms with Crippen LogP contribution in [0.15, 0.2) is 24.3 Å². The van der Waals surface area contributed by atoms with Gasteiger partial charge < -0.3 is 0 Å². The molecule has 1 rings (SSSR count). The summed E-state index contributed by atoms with van der Waals surface area (Å²) in [6.07, 6.45) is 3.14. The molecule has 0 spiro atoms. The van der Waals surface area contributed by atoms with Crippen molar-refractivity contribution in [2.75, 3.05) is 0 Å². The smallest absolute Gasteiger partial charge is 0.137 e. The number of rotatable bonds is 6. The van der Waals surface area contributed by atoms with Crippen LogP contribution in [0, 0.1) is 11.7 Å². The van der Waals surface area contributed by atoms with Crippen molar-refractivity contribution < 1.29 is 9.18 Å². The van der Waals surface area contributed by atoms with E-state index >= 15 is 0 Å². The Morgan fingerprint density at radius 1 is 1.44 bits per heavy atom. The molecule has 0 radical (unpaired) electrons. The molecule has 0 fully saturated rings. The van der Waals surface area contributed by atoms with Crippen molar-refractivity contribution in [1.82, 2.24) is 0 Å². The second-order valence-electron chi connectivity index (χ2n) is 4.44. The number of hydrogen-bond donors (Lipinski definition) is 0. The largest absolute Gasteiger partial charge is 0.299 e. The van der Waals surface area contributed by atoms with Crippen molar-refractivity contribution in [2.45, 2.75) is 39.5 Å². The van der Waals surface area contributed by atoms with Gasteiger partial charge in [-0.15, -0.1) is 0 Å². The van der Waals surface area contributed by atoms with E-state index in [9.17, 15) is 9.18 Å². The fourth-order valence-corrected chi connectivity index (χ4v) is 1.93. The van der Waals surface area contributed by atoms with E-state index in [0.717, 1.165) is 18.4 Å². The molecule has 0 bridgehead atoms. The molecule has 1 unspecified atom stereocenters. The van der Waals surface area contributed by atoms with E-state index < -0.39 is 0 Å². The zero-order valence-corrected chi connectivity index (χ0v) is 10.0. The van der Waals surface area contributed by atoms with Crippen molar-refractivity contribution in [3.8, 4) is 0 Å². The maximum atomic E-state index is 12.9. The van der Waals surface area contributed by atoms with Crippen molar-refractivity contribution in [2.24, 2.45) is 5.92 Å². The molecule has 1 atom stereocenters. The Hall–Kier alpha value is -1.18. The third-order valence-electron chi connectivity index (χ3n) is 2.65. The lowest BCUT2D eigenvalue weighted by molar-refractivity contribution is -0.119. The van der Waals surface area contributed by atoms with Gasteiger partial charge in [-0.05, 0) is 23.6 Å². The lowest BCUT2D eigenvalue weighted by atomic mass is 9.96. The first-order valence-electron chi connectivity index (χ1n) is 5.88. The molecule has 1 aromatic carbocycles. The predicted molar refractivity (Wildman–Crippen MR) is 63.8 cm³/mol. The van der Waals surface area contributed by atoms with Crippen LogP contribution in [-0.4, -0.2) is 5.78 Å². The first-order chi connectivity index (χ1) is 7.61. The summed E-state index contributed by atoms with van der Waals surface area (Å²) < 4.78 is 12.9. The highest BCUT2D eigenvalue weighted by molar-refractivity contribution is 5.81. The Morgan fingerprint density at radius 3 is 2.81 bits per heavy atom. The van der Waals surface area contributed by atoms with E-state index in [4.69, 9.17) is 0 Å². The van der Waals surface area contributed by atoms with Crippen molar-refractivity contribution in [1.29, 1.82) is 0 Å². The number of hydrogen-bond acceptors (Lipinski definition) is 1. The lowest BCUT2D eigenvalue weighted by Crippen LogP contribution is -2.08. The number of carbonyl (C=O) groups excluding carboxylic acids is 1. The minimum Gasteiger partial charge on any atom is -0.299 e. The second kappa shape index (κ2) is 6.41. The van der Waals surface area contributed by atoms with Gasteiger partial charge in [-0.2, -0.15) is 0 Å². The minimum atomic E-state index is -0.271. The van der Waals surface area contributed by atoms with E-state index in [1.807, 2.05) is 0 Å². The van der Waals surface area contributed by atoms with E-state index in [0.29, 0.717) is 18.8 Å². The first kappa shape index (κ1) is 12.9. The molecule has 0 saturated carbocycles. The highest BCUT2D eigenvalue weighted by Gasteiger charge is 2.09. The molecule has 1 aromatic rings. The maximum Gasteiger partial charge on any atom is 0.137 e. The lowest BCUT2D eigenvalue weighted by Gasteiger charge is -2.08. The average molecular weight is 222 g/mol. The normalized spacial score (nSPS) is 12.4. The number of Topliss-reactive ketones (excluding diaryl/α,β-unsaturated/α-hetero) is 1. The molecular weight excluding hydrogens is 203 g/mol. The van der Waals surface area contributed by atoms with Gasteiger partial charge in [0.2, 0.25) is 0 Å². The van der Waals surface area contributed by atoms with Crippen molar-refractivity contribution in [3.63, 3.8) is 0 Å². The fraction of sp³-hybridized carbons (Fsp3) is 0.500. The van der Waals surface area contributed by atoms with Crippen molar-refractivity contribution >= 4 is 5.78 Å². The van der Waals surface area contributed by atoms with Crippen LogP contribution in [0.3, 0.4) is 0 Å². The number of ketones is 1. The Bertz CT molecular complexity index is 346. The quantitative estimate of drug-likeness (QED) is 0.716. The maximum absolute atomic E-state index is 12.9. The first-order valence-corrected chi connectivity index (χ1v) is 5.88. The zero-order chi connectivity index (χ0) is 12.0. The summed E-state index contributed by atoms with van der Waals surface area (Å²) in [5.41, 5.74) is 0.772. The van der Waals surface area contributed by atoms with E-state index in [-0.39, 0.29) is 11.6 Å². The monoisotopic (exact) mass is 222 g/mol. The van der Waals surface area contributed by atoms with Gasteiger partial charge in [-0.1, -0.05) is 38.8 Å². The van der Waals surface area contributed by atoms with Gasteiger partial charge in [0.1, 0.15) is 11.6 Å². The van der Waals surface area contributed by atoms with Crippen LogP contribution in [0.4, 0.5) is 4.39 Å². The van der Waals surface area contributed by atoms with Crippen LogP contribution in [0.25, 0.3) is 0 Å². The fourth-order valence-electron chi connectivity index (χ4n) is 1.93. The molecular formula is C14H19FO. The Kier molecular flexibility index (Phi) is 5.17. The third kappa shape index (κ3) is 4.56. The summed E-state index contributed by atoms with van der Waals surface area (Å²) in [5, 5.41) is 0. The van der Waals surface area contributed by atoms with Gasteiger partial charge in [0.25, 0.3) is 0 Å². The third-order valence-corrected chi connectivity index (χ3v) is 2.65. The molecule has 0 heterocycles. The van der Waals surface area contributed by atoms with Crippen molar-refractivity contribution in [3.05, 3.63) is 35.6 Å². The molecule has 16 heavy (non-hydrogen) atoms. The summed E-state index contributed by atoms with van der Waals surface area (Å²) in [7, 11) is 0. The van der Waals surface area contributed by atoms with Gasteiger partial charge in [-0.25, -0.2) is 4.39 Å². The molecule has 2 heteroatoms. The van der Waals surface area contributed by atoms with Gasteiger partial charge >= 0.3 is 0 Å². The predicted octanol–water partition coefficient (Wildman–Crippen LogP) is 3.76. The number of halogens is 1. The second-order valence-corrected chi connectivity index (χ2v) is 4.44. The summed E-state index contributed by atoms with van der Waals surface area (Å²) >= 11 is 0. The van der Waals surface area contributed by atoms with Gasteiger partial charge in [0.15, 0.2) is 0 Å². The molecule has 0 saturated heterocycles. The van der Waals surface area contributed by atoms with Crippen LogP contribution in [0.1, 0.15) is 38.7 Å². The van der Waals surface area contributed by atoms with Crippen LogP contribution in [-0.2, 0) is 11.2 Å².